The van der Waals surface area contributed by atoms with E-state index < -0.39 is 5.66 Å². The Morgan fingerprint density at radius 1 is 1.16 bits per heavy atom. The van der Waals surface area contributed by atoms with Gasteiger partial charge in [0.2, 0.25) is 5.91 Å². The van der Waals surface area contributed by atoms with Gasteiger partial charge in [-0.2, -0.15) is 0 Å². The molecule has 4 heteroatoms. The van der Waals surface area contributed by atoms with Crippen molar-refractivity contribution in [2.75, 3.05) is 11.4 Å². The number of carbonyl (C=O) groups is 1. The van der Waals surface area contributed by atoms with Crippen molar-refractivity contribution in [2.24, 2.45) is 0 Å². The van der Waals surface area contributed by atoms with Gasteiger partial charge >= 0.3 is 0 Å². The molecule has 25 heavy (non-hydrogen) atoms. The topological polar surface area (TPSA) is 32.3 Å². The molecule has 2 aromatic rings. The van der Waals surface area contributed by atoms with Crippen molar-refractivity contribution in [3.8, 4) is 0 Å². The highest BCUT2D eigenvalue weighted by atomic mass is 79.9. The van der Waals surface area contributed by atoms with Crippen molar-refractivity contribution in [1.29, 1.82) is 0 Å². The minimum absolute atomic E-state index is 0.107. The zero-order chi connectivity index (χ0) is 17.7. The number of rotatable bonds is 2. The summed E-state index contributed by atoms with van der Waals surface area (Å²) >= 11 is 3.52. The van der Waals surface area contributed by atoms with Gasteiger partial charge in [-0.25, -0.2) is 0 Å². The Bertz CT molecular complexity index is 874. The van der Waals surface area contributed by atoms with E-state index in [9.17, 15) is 4.79 Å². The third-order valence-electron chi connectivity index (χ3n) is 5.50. The van der Waals surface area contributed by atoms with Crippen LogP contribution in [0.15, 0.2) is 59.1 Å². The van der Waals surface area contributed by atoms with Gasteiger partial charge in [-0.15, -0.1) is 0 Å². The van der Waals surface area contributed by atoms with Gasteiger partial charge in [0.25, 0.3) is 0 Å². The van der Waals surface area contributed by atoms with Gasteiger partial charge in [0.1, 0.15) is 5.66 Å². The highest BCUT2D eigenvalue weighted by molar-refractivity contribution is 9.10. The number of amides is 1. The third-order valence-corrected chi connectivity index (χ3v) is 6.00. The van der Waals surface area contributed by atoms with Crippen LogP contribution in [0.5, 0.6) is 0 Å². The summed E-state index contributed by atoms with van der Waals surface area (Å²) in [5.41, 5.74) is 2.81. The van der Waals surface area contributed by atoms with E-state index in [1.807, 2.05) is 12.1 Å². The fourth-order valence-corrected chi connectivity index (χ4v) is 4.56. The van der Waals surface area contributed by atoms with E-state index in [0.29, 0.717) is 6.42 Å². The van der Waals surface area contributed by atoms with Crippen LogP contribution in [0.25, 0.3) is 6.08 Å². The molecule has 4 rings (SSSR count). The molecule has 2 aliphatic heterocycles. The largest absolute Gasteiger partial charge is 0.344 e. The molecule has 1 unspecified atom stereocenters. The minimum atomic E-state index is -0.547. The van der Waals surface area contributed by atoms with E-state index in [1.165, 1.54) is 11.3 Å². The zero-order valence-electron chi connectivity index (χ0n) is 14.4. The van der Waals surface area contributed by atoms with Gasteiger partial charge < -0.3 is 10.2 Å². The Hall–Kier alpha value is -2.07. The Morgan fingerprint density at radius 2 is 1.96 bits per heavy atom. The average Bonchev–Trinajstić information content (AvgIpc) is 2.78. The Kier molecular flexibility index (Phi) is 3.76. The lowest BCUT2D eigenvalue weighted by Gasteiger charge is -2.49. The van der Waals surface area contributed by atoms with Crippen LogP contribution in [0.3, 0.4) is 0 Å². The summed E-state index contributed by atoms with van der Waals surface area (Å²) in [7, 11) is 0. The second-order valence-electron chi connectivity index (χ2n) is 7.25. The smallest absolute Gasteiger partial charge is 0.223 e. The highest BCUT2D eigenvalue weighted by Gasteiger charge is 2.57. The van der Waals surface area contributed by atoms with Gasteiger partial charge in [-0.3, -0.25) is 4.79 Å². The number of hydrogen-bond donors (Lipinski definition) is 1. The summed E-state index contributed by atoms with van der Waals surface area (Å²) in [6.07, 6.45) is 4.79. The Morgan fingerprint density at radius 3 is 2.76 bits per heavy atom. The monoisotopic (exact) mass is 396 g/mol. The lowest BCUT2D eigenvalue weighted by atomic mass is 9.74. The molecule has 1 saturated heterocycles. The Labute approximate surface area is 156 Å². The molecular weight excluding hydrogens is 376 g/mol. The number of hydrogen-bond acceptors (Lipinski definition) is 2. The predicted molar refractivity (Wildman–Crippen MR) is 105 cm³/mol. The standard InChI is InChI=1S/C21H21BrN2O/c1-20(2)17-8-3-4-9-18(17)24-13-11-19(25)23-21(20,24)12-10-15-6-5-7-16(22)14-15/h3-10,12,14H,11,13H2,1-2H3,(H,23,25)/b12-10+. The normalized spacial score (nSPS) is 24.1. The molecule has 0 aliphatic carbocycles. The second-order valence-corrected chi connectivity index (χ2v) is 8.16. The van der Waals surface area contributed by atoms with Crippen molar-refractivity contribution >= 4 is 33.6 Å². The van der Waals surface area contributed by atoms with Crippen molar-refractivity contribution in [3.05, 3.63) is 70.2 Å². The number of benzene rings is 2. The number of fused-ring (bicyclic) bond motifs is 3. The molecule has 128 valence electrons. The lowest BCUT2D eigenvalue weighted by Crippen LogP contribution is -2.68. The van der Waals surface area contributed by atoms with Crippen molar-refractivity contribution < 1.29 is 4.79 Å². The molecule has 0 saturated carbocycles. The van der Waals surface area contributed by atoms with E-state index in [2.05, 4.69) is 88.5 Å². The third kappa shape index (κ3) is 2.43. The number of nitrogens with zero attached hydrogens (tertiary/aromatic N) is 1. The molecule has 2 aromatic carbocycles. The molecule has 2 heterocycles. The molecule has 0 spiro atoms. The highest BCUT2D eigenvalue weighted by Crippen LogP contribution is 2.52. The van der Waals surface area contributed by atoms with Gasteiger partial charge in [0.05, 0.1) is 0 Å². The first kappa shape index (κ1) is 16.4. The molecule has 1 amide bonds. The van der Waals surface area contributed by atoms with Gasteiger partial charge in [0, 0.05) is 28.5 Å². The molecular formula is C21H21BrN2O. The average molecular weight is 397 g/mol. The molecule has 3 nitrogen and oxygen atoms in total. The van der Waals surface area contributed by atoms with Crippen LogP contribution in [0.4, 0.5) is 5.69 Å². The SMILES string of the molecule is CC1(C)c2ccccc2N2CCC(=O)NC21/C=C/c1cccc(Br)c1. The van der Waals surface area contributed by atoms with Gasteiger partial charge in [-0.05, 0) is 35.4 Å². The number of para-hydroxylation sites is 1. The summed E-state index contributed by atoms with van der Waals surface area (Å²) < 4.78 is 1.05. The van der Waals surface area contributed by atoms with Crippen LogP contribution in [-0.4, -0.2) is 18.1 Å². The summed E-state index contributed by atoms with van der Waals surface area (Å²) in [5.74, 6) is 0.107. The van der Waals surface area contributed by atoms with Crippen LogP contribution in [0.1, 0.15) is 31.4 Å². The van der Waals surface area contributed by atoms with Crippen molar-refractivity contribution in [3.63, 3.8) is 0 Å². The van der Waals surface area contributed by atoms with E-state index in [4.69, 9.17) is 0 Å². The quantitative estimate of drug-likeness (QED) is 0.811. The van der Waals surface area contributed by atoms with Crippen LogP contribution in [0, 0.1) is 0 Å². The molecule has 1 atom stereocenters. The molecule has 0 bridgehead atoms. The maximum atomic E-state index is 12.3. The van der Waals surface area contributed by atoms with Crippen LogP contribution >= 0.6 is 15.9 Å². The maximum Gasteiger partial charge on any atom is 0.223 e. The molecule has 0 aromatic heterocycles. The summed E-state index contributed by atoms with van der Waals surface area (Å²) in [6.45, 7) is 5.15. The molecule has 1 N–H and O–H groups in total. The van der Waals surface area contributed by atoms with E-state index in [-0.39, 0.29) is 11.3 Å². The van der Waals surface area contributed by atoms with Crippen molar-refractivity contribution in [1.82, 2.24) is 5.32 Å². The predicted octanol–water partition coefficient (Wildman–Crippen LogP) is 4.48. The summed E-state index contributed by atoms with van der Waals surface area (Å²) in [6, 6.07) is 16.7. The Balaban J connectivity index is 1.85. The number of nitrogens with one attached hydrogen (secondary N) is 1. The molecule has 1 fully saturated rings. The fraction of sp³-hybridized carbons (Fsp3) is 0.286. The first-order valence-corrected chi connectivity index (χ1v) is 9.36. The number of halogens is 1. The van der Waals surface area contributed by atoms with Crippen LogP contribution < -0.4 is 10.2 Å². The van der Waals surface area contributed by atoms with E-state index in [0.717, 1.165) is 16.6 Å². The zero-order valence-corrected chi connectivity index (χ0v) is 16.0. The molecule has 0 radical (unpaired) electrons. The van der Waals surface area contributed by atoms with E-state index >= 15 is 0 Å². The summed E-state index contributed by atoms with van der Waals surface area (Å²) in [4.78, 5) is 14.7. The van der Waals surface area contributed by atoms with Gasteiger partial charge in [0.15, 0.2) is 0 Å². The van der Waals surface area contributed by atoms with E-state index in [1.54, 1.807) is 0 Å². The van der Waals surface area contributed by atoms with Crippen LogP contribution in [0.2, 0.25) is 0 Å². The van der Waals surface area contributed by atoms with Gasteiger partial charge in [-0.1, -0.05) is 66.2 Å². The second kappa shape index (κ2) is 5.73. The molecule has 2 aliphatic rings. The minimum Gasteiger partial charge on any atom is -0.344 e. The lowest BCUT2D eigenvalue weighted by molar-refractivity contribution is -0.124. The summed E-state index contributed by atoms with van der Waals surface area (Å²) in [5, 5.41) is 3.30. The van der Waals surface area contributed by atoms with Crippen LogP contribution in [-0.2, 0) is 10.2 Å². The fourth-order valence-electron chi connectivity index (χ4n) is 4.15. The number of carbonyl (C=O) groups excluding carboxylic acids is 1. The first-order valence-electron chi connectivity index (χ1n) is 8.57. The van der Waals surface area contributed by atoms with Crippen molar-refractivity contribution in [2.45, 2.75) is 31.3 Å². The number of anilines is 1. The first-order chi connectivity index (χ1) is 11.9. The maximum absolute atomic E-state index is 12.3.